The molecule has 0 amide bonds. The Morgan fingerprint density at radius 2 is 1.75 bits per heavy atom. The van der Waals surface area contributed by atoms with Crippen molar-refractivity contribution in [2.45, 2.75) is 34.2 Å². The summed E-state index contributed by atoms with van der Waals surface area (Å²) in [6, 6.07) is 15.8. The summed E-state index contributed by atoms with van der Waals surface area (Å²) < 4.78 is 7.24. The molecule has 0 saturated carbocycles. The van der Waals surface area contributed by atoms with E-state index in [1.54, 1.807) is 32.3 Å². The number of carbonyl (C=O) groups excluding carboxylic acids is 1. The molecule has 5 aromatic rings. The number of benzene rings is 2. The fraction of sp³-hybridized carbons (Fsp3) is 0.240. The van der Waals surface area contributed by atoms with Crippen molar-refractivity contribution in [3.63, 3.8) is 0 Å². The van der Waals surface area contributed by atoms with E-state index in [0.29, 0.717) is 23.7 Å². The topological polar surface area (TPSA) is 144 Å². The molecule has 2 N–H and O–H groups in total. The van der Waals surface area contributed by atoms with E-state index in [0.717, 1.165) is 22.3 Å². The van der Waals surface area contributed by atoms with Crippen LogP contribution >= 0.6 is 0 Å². The number of hydrogen-bond donors (Lipinski definition) is 2. The van der Waals surface area contributed by atoms with Gasteiger partial charge in [-0.3, -0.25) is 9.59 Å². The highest BCUT2D eigenvalue weighted by molar-refractivity contribution is 5.85. The van der Waals surface area contributed by atoms with Crippen molar-refractivity contribution in [3.8, 4) is 28.4 Å². The Bertz CT molecular complexity index is 1610. The second kappa shape index (κ2) is 8.84. The van der Waals surface area contributed by atoms with Crippen molar-refractivity contribution < 1.29 is 9.53 Å². The molecule has 0 aliphatic rings. The van der Waals surface area contributed by atoms with Gasteiger partial charge in [0, 0.05) is 12.1 Å². The number of hydrogen-bond acceptors (Lipinski definition) is 8. The van der Waals surface area contributed by atoms with Gasteiger partial charge in [0.1, 0.15) is 11.3 Å². The Morgan fingerprint density at radius 1 is 1.03 bits per heavy atom. The highest BCUT2D eigenvalue weighted by Crippen LogP contribution is 2.30. The number of aromatic amines is 2. The first-order valence-corrected chi connectivity index (χ1v) is 11.3. The van der Waals surface area contributed by atoms with Crippen LogP contribution in [0.4, 0.5) is 0 Å². The zero-order chi connectivity index (χ0) is 25.4. The van der Waals surface area contributed by atoms with Crippen LogP contribution in [-0.2, 0) is 11.3 Å². The van der Waals surface area contributed by atoms with Gasteiger partial charge in [0.05, 0.1) is 5.41 Å². The van der Waals surface area contributed by atoms with E-state index in [9.17, 15) is 9.59 Å². The molecule has 11 nitrogen and oxygen atoms in total. The van der Waals surface area contributed by atoms with Crippen LogP contribution in [0.3, 0.4) is 0 Å². The van der Waals surface area contributed by atoms with Crippen LogP contribution in [-0.4, -0.2) is 46.3 Å². The third-order valence-electron chi connectivity index (χ3n) is 5.76. The molecule has 182 valence electrons. The highest BCUT2D eigenvalue weighted by atomic mass is 16.5. The largest absolute Gasteiger partial charge is 0.403 e. The van der Waals surface area contributed by atoms with Gasteiger partial charge in [0.25, 0.3) is 11.4 Å². The van der Waals surface area contributed by atoms with Crippen molar-refractivity contribution in [3.05, 3.63) is 70.3 Å². The molecule has 0 aliphatic carbocycles. The van der Waals surface area contributed by atoms with Crippen molar-refractivity contribution in [1.82, 2.24) is 40.4 Å². The van der Waals surface area contributed by atoms with Crippen molar-refractivity contribution in [2.24, 2.45) is 5.41 Å². The maximum absolute atomic E-state index is 12.7. The van der Waals surface area contributed by atoms with E-state index in [1.807, 2.05) is 48.5 Å². The van der Waals surface area contributed by atoms with Gasteiger partial charge in [-0.25, -0.2) is 10.1 Å². The summed E-state index contributed by atoms with van der Waals surface area (Å²) >= 11 is 0. The first kappa shape index (κ1) is 23.1. The van der Waals surface area contributed by atoms with Crippen LogP contribution in [0.25, 0.3) is 33.5 Å². The molecule has 0 fully saturated rings. The van der Waals surface area contributed by atoms with E-state index >= 15 is 0 Å². The molecule has 0 saturated heterocycles. The molecule has 0 spiro atoms. The van der Waals surface area contributed by atoms with Gasteiger partial charge in [0.15, 0.2) is 5.52 Å². The smallest absolute Gasteiger partial charge is 0.318 e. The molecule has 3 heterocycles. The average molecular weight is 485 g/mol. The van der Waals surface area contributed by atoms with Crippen LogP contribution in [0, 0.1) is 12.3 Å². The summed E-state index contributed by atoms with van der Waals surface area (Å²) in [7, 11) is 0. The zero-order valence-electron chi connectivity index (χ0n) is 20.2. The Hall–Kier alpha value is -4.67. The van der Waals surface area contributed by atoms with Crippen LogP contribution in [0.2, 0.25) is 0 Å². The summed E-state index contributed by atoms with van der Waals surface area (Å²) in [4.78, 5) is 29.6. The van der Waals surface area contributed by atoms with Gasteiger partial charge < -0.3 is 9.30 Å². The van der Waals surface area contributed by atoms with Crippen molar-refractivity contribution in [1.29, 1.82) is 0 Å². The summed E-state index contributed by atoms with van der Waals surface area (Å²) in [5.74, 6) is 0.640. The Kier molecular flexibility index (Phi) is 5.67. The number of carbonyl (C=O) groups is 1. The van der Waals surface area contributed by atoms with Crippen LogP contribution in [0.1, 0.15) is 32.2 Å². The maximum atomic E-state index is 12.7. The normalized spacial score (nSPS) is 11.7. The Labute approximate surface area is 205 Å². The molecule has 5 rings (SSSR count). The predicted molar refractivity (Wildman–Crippen MR) is 132 cm³/mol. The van der Waals surface area contributed by atoms with E-state index < -0.39 is 16.9 Å². The standard InChI is InChI=1S/C25H24N8O3/c1-14-26-19-20(22(34)29-30-23(19)36-24(35)25(2,3)4)33(14)13-15-9-11-16(12-10-15)17-7-5-6-8-18(17)21-27-31-32-28-21/h5-12H,13H2,1-4H3,(H,29,34)(H,27,28,31,32). The predicted octanol–water partition coefficient (Wildman–Crippen LogP) is 3.27. The molecular weight excluding hydrogens is 460 g/mol. The van der Waals surface area contributed by atoms with Gasteiger partial charge in [0.2, 0.25) is 5.82 Å². The number of esters is 1. The highest BCUT2D eigenvalue weighted by Gasteiger charge is 2.27. The molecule has 2 aromatic carbocycles. The lowest BCUT2D eigenvalue weighted by molar-refractivity contribution is -0.143. The number of nitrogens with one attached hydrogen (secondary N) is 2. The molecule has 11 heteroatoms. The second-order valence-electron chi connectivity index (χ2n) is 9.42. The first-order chi connectivity index (χ1) is 17.2. The van der Waals surface area contributed by atoms with Gasteiger partial charge in [-0.2, -0.15) is 5.21 Å². The number of aromatic nitrogens is 8. The summed E-state index contributed by atoms with van der Waals surface area (Å²) in [6.07, 6.45) is 0. The van der Waals surface area contributed by atoms with Crippen LogP contribution < -0.4 is 10.3 Å². The molecule has 0 radical (unpaired) electrons. The van der Waals surface area contributed by atoms with Gasteiger partial charge in [-0.1, -0.05) is 48.5 Å². The summed E-state index contributed by atoms with van der Waals surface area (Å²) in [6.45, 7) is 7.42. The average Bonchev–Trinajstić information content (AvgIpc) is 3.50. The van der Waals surface area contributed by atoms with E-state index in [2.05, 4.69) is 35.8 Å². The molecule has 0 unspecified atom stereocenters. The lowest BCUT2D eigenvalue weighted by atomic mass is 9.97. The molecule has 3 aromatic heterocycles. The SMILES string of the molecule is Cc1nc2c(OC(=O)C(C)(C)C)n[nH]c(=O)c2n1Cc1ccc(-c2ccccc2-c2nn[nH]n2)cc1. The minimum atomic E-state index is -0.730. The number of aryl methyl sites for hydroxylation is 1. The van der Waals surface area contributed by atoms with E-state index in [1.165, 1.54) is 0 Å². The summed E-state index contributed by atoms with van der Waals surface area (Å²) in [5.41, 5.74) is 3.20. The zero-order valence-corrected chi connectivity index (χ0v) is 20.2. The minimum absolute atomic E-state index is 0.0141. The first-order valence-electron chi connectivity index (χ1n) is 11.3. The minimum Gasteiger partial charge on any atom is -0.403 e. The third kappa shape index (κ3) is 4.26. The fourth-order valence-electron chi connectivity index (χ4n) is 3.83. The number of tetrazole rings is 1. The number of ether oxygens (including phenoxy) is 1. The van der Waals surface area contributed by atoms with Gasteiger partial charge in [-0.15, -0.1) is 15.3 Å². The quantitative estimate of drug-likeness (QED) is 0.362. The number of imidazole rings is 1. The molecular formula is C25H24N8O3. The molecule has 0 aliphatic heterocycles. The van der Waals surface area contributed by atoms with Crippen molar-refractivity contribution in [2.75, 3.05) is 0 Å². The third-order valence-corrected chi connectivity index (χ3v) is 5.76. The van der Waals surface area contributed by atoms with Crippen molar-refractivity contribution >= 4 is 17.0 Å². The number of rotatable bonds is 5. The monoisotopic (exact) mass is 484 g/mol. The van der Waals surface area contributed by atoms with Gasteiger partial charge >= 0.3 is 5.97 Å². The van der Waals surface area contributed by atoms with Crippen LogP contribution in [0.5, 0.6) is 5.88 Å². The maximum Gasteiger partial charge on any atom is 0.318 e. The van der Waals surface area contributed by atoms with E-state index in [-0.39, 0.29) is 11.4 Å². The second-order valence-corrected chi connectivity index (χ2v) is 9.42. The lowest BCUT2D eigenvalue weighted by Crippen LogP contribution is -2.26. The Balaban J connectivity index is 1.47. The number of H-pyrrole nitrogens is 2. The number of nitrogens with zero attached hydrogens (tertiary/aromatic N) is 6. The summed E-state index contributed by atoms with van der Waals surface area (Å²) in [5, 5.41) is 20.7. The Morgan fingerprint density at radius 3 is 2.42 bits per heavy atom. The number of fused-ring (bicyclic) bond motifs is 1. The van der Waals surface area contributed by atoms with Crippen LogP contribution in [0.15, 0.2) is 53.3 Å². The molecule has 0 atom stereocenters. The lowest BCUT2D eigenvalue weighted by Gasteiger charge is -2.15. The fourth-order valence-corrected chi connectivity index (χ4v) is 3.83. The molecule has 0 bridgehead atoms. The van der Waals surface area contributed by atoms with Gasteiger partial charge in [-0.05, 0) is 49.6 Å². The van der Waals surface area contributed by atoms with E-state index in [4.69, 9.17) is 4.74 Å². The molecule has 36 heavy (non-hydrogen) atoms.